The predicted octanol–water partition coefficient (Wildman–Crippen LogP) is 2.42. The number of carbonyl (C=O) groups is 3. The molecule has 2 aromatic carbocycles. The minimum atomic E-state index is -0.873. The molecule has 0 spiro atoms. The minimum Gasteiger partial charge on any atom is -0.497 e. The van der Waals surface area contributed by atoms with Crippen molar-refractivity contribution in [3.63, 3.8) is 0 Å². The van der Waals surface area contributed by atoms with Gasteiger partial charge >= 0.3 is 5.97 Å². The van der Waals surface area contributed by atoms with E-state index < -0.39 is 41.4 Å². The van der Waals surface area contributed by atoms with Crippen LogP contribution in [0.3, 0.4) is 0 Å². The van der Waals surface area contributed by atoms with Gasteiger partial charge in [0.15, 0.2) is 6.61 Å². The van der Waals surface area contributed by atoms with Crippen molar-refractivity contribution in [1.29, 1.82) is 0 Å². The Morgan fingerprint density at radius 2 is 1.83 bits per heavy atom. The average molecular weight is 437 g/mol. The Hall–Kier alpha value is -3.66. The number of benzene rings is 2. The number of ketones is 1. The van der Waals surface area contributed by atoms with Crippen molar-refractivity contribution >= 4 is 34.9 Å². The van der Waals surface area contributed by atoms with Crippen LogP contribution in [0.5, 0.6) is 11.5 Å². The van der Waals surface area contributed by atoms with Gasteiger partial charge in [-0.05, 0) is 30.3 Å². The third-order valence-corrected chi connectivity index (χ3v) is 4.19. The highest BCUT2D eigenvalue weighted by atomic mass is 35.5. The van der Waals surface area contributed by atoms with Gasteiger partial charge in [0.25, 0.3) is 11.6 Å². The molecule has 0 heterocycles. The van der Waals surface area contributed by atoms with Gasteiger partial charge in [0.05, 0.1) is 24.7 Å². The van der Waals surface area contributed by atoms with Crippen LogP contribution in [0.2, 0.25) is 5.02 Å². The maximum Gasteiger partial charge on any atom is 0.325 e. The molecule has 10 nitrogen and oxygen atoms in total. The Morgan fingerprint density at radius 3 is 2.47 bits per heavy atom. The van der Waals surface area contributed by atoms with E-state index in [9.17, 15) is 24.5 Å². The van der Waals surface area contributed by atoms with Gasteiger partial charge in [0.1, 0.15) is 23.1 Å². The topological polar surface area (TPSA) is 134 Å². The fraction of sp³-hybridized carbons (Fsp3) is 0.211. The molecule has 0 saturated heterocycles. The van der Waals surface area contributed by atoms with E-state index in [-0.39, 0.29) is 21.9 Å². The van der Waals surface area contributed by atoms with E-state index in [1.807, 2.05) is 0 Å². The summed E-state index contributed by atoms with van der Waals surface area (Å²) in [6.07, 6.45) is 0. The lowest BCUT2D eigenvalue weighted by atomic mass is 10.1. The van der Waals surface area contributed by atoms with Crippen LogP contribution in [-0.2, 0) is 9.53 Å². The summed E-state index contributed by atoms with van der Waals surface area (Å²) in [5, 5.41) is 13.0. The Morgan fingerprint density at radius 1 is 1.10 bits per heavy atom. The predicted molar refractivity (Wildman–Crippen MR) is 105 cm³/mol. The molecule has 0 atom stereocenters. The number of amides is 1. The van der Waals surface area contributed by atoms with Gasteiger partial charge in [0.2, 0.25) is 5.78 Å². The molecule has 0 aliphatic carbocycles. The molecule has 30 heavy (non-hydrogen) atoms. The summed E-state index contributed by atoms with van der Waals surface area (Å²) in [7, 11) is 2.83. The van der Waals surface area contributed by atoms with Gasteiger partial charge in [0, 0.05) is 11.6 Å². The lowest BCUT2D eigenvalue weighted by molar-refractivity contribution is -0.384. The van der Waals surface area contributed by atoms with Gasteiger partial charge in [-0.3, -0.25) is 24.5 Å². The zero-order chi connectivity index (χ0) is 22.3. The van der Waals surface area contributed by atoms with Crippen LogP contribution >= 0.6 is 11.6 Å². The molecule has 158 valence electrons. The highest BCUT2D eigenvalue weighted by molar-refractivity contribution is 6.32. The quantitative estimate of drug-likeness (QED) is 0.274. The summed E-state index contributed by atoms with van der Waals surface area (Å²) in [5.74, 6) is -1.43. The number of nitrogens with one attached hydrogen (secondary N) is 1. The van der Waals surface area contributed by atoms with Crippen LogP contribution in [0.1, 0.15) is 20.7 Å². The smallest absolute Gasteiger partial charge is 0.325 e. The summed E-state index contributed by atoms with van der Waals surface area (Å²) in [6.45, 7) is -1.12. The van der Waals surface area contributed by atoms with E-state index in [4.69, 9.17) is 25.8 Å². The molecule has 1 amide bonds. The van der Waals surface area contributed by atoms with Crippen molar-refractivity contribution < 1.29 is 33.5 Å². The molecule has 0 aromatic heterocycles. The first-order valence-corrected chi connectivity index (χ1v) is 8.77. The van der Waals surface area contributed by atoms with E-state index in [1.54, 1.807) is 12.1 Å². The number of nitro groups is 1. The third kappa shape index (κ3) is 5.67. The molecule has 0 aliphatic rings. The molecule has 11 heteroatoms. The number of carbonyl (C=O) groups excluding carboxylic acids is 3. The second-order valence-corrected chi connectivity index (χ2v) is 6.16. The normalized spacial score (nSPS) is 10.1. The second kappa shape index (κ2) is 10.2. The number of ether oxygens (including phenoxy) is 3. The lowest BCUT2D eigenvalue weighted by Crippen LogP contribution is -2.31. The second-order valence-electron chi connectivity index (χ2n) is 5.76. The van der Waals surface area contributed by atoms with Crippen molar-refractivity contribution in [3.8, 4) is 11.5 Å². The maximum absolute atomic E-state index is 12.3. The molecule has 0 aliphatic heterocycles. The molecule has 2 rings (SSSR count). The van der Waals surface area contributed by atoms with Crippen molar-refractivity contribution in [2.75, 3.05) is 27.4 Å². The molecular weight excluding hydrogens is 420 g/mol. The summed E-state index contributed by atoms with van der Waals surface area (Å²) in [6, 6.07) is 8.06. The van der Waals surface area contributed by atoms with Crippen LogP contribution in [0.15, 0.2) is 36.4 Å². The number of nitro benzene ring substituents is 1. The molecule has 0 radical (unpaired) electrons. The summed E-state index contributed by atoms with van der Waals surface area (Å²) in [4.78, 5) is 46.4. The number of Topliss-reactive ketones (excluding diaryl/α,β-unsaturated/α-hetero) is 1. The molecule has 0 fully saturated rings. The zero-order valence-corrected chi connectivity index (χ0v) is 16.7. The summed E-state index contributed by atoms with van der Waals surface area (Å²) < 4.78 is 15.0. The number of esters is 1. The minimum absolute atomic E-state index is 0.0592. The number of methoxy groups -OCH3 is 2. The summed E-state index contributed by atoms with van der Waals surface area (Å²) >= 11 is 5.69. The van der Waals surface area contributed by atoms with E-state index >= 15 is 0 Å². The number of nitrogens with zero attached hydrogens (tertiary/aromatic N) is 1. The van der Waals surface area contributed by atoms with E-state index in [0.717, 1.165) is 6.07 Å². The van der Waals surface area contributed by atoms with Crippen molar-refractivity contribution in [2.45, 2.75) is 0 Å². The van der Waals surface area contributed by atoms with Crippen molar-refractivity contribution in [3.05, 3.63) is 62.7 Å². The molecule has 1 N–H and O–H groups in total. The molecular formula is C19H17ClN2O8. The van der Waals surface area contributed by atoms with Crippen molar-refractivity contribution in [2.24, 2.45) is 0 Å². The highest BCUT2D eigenvalue weighted by Crippen LogP contribution is 2.25. The number of rotatable bonds is 9. The summed E-state index contributed by atoms with van der Waals surface area (Å²) in [5.41, 5.74) is -0.331. The zero-order valence-electron chi connectivity index (χ0n) is 16.0. The molecule has 0 unspecified atom stereocenters. The van der Waals surface area contributed by atoms with Crippen LogP contribution in [0, 0.1) is 10.1 Å². The number of hydrogen-bond donors (Lipinski definition) is 1. The first-order valence-electron chi connectivity index (χ1n) is 8.39. The van der Waals surface area contributed by atoms with E-state index in [0.29, 0.717) is 5.75 Å². The average Bonchev–Trinajstić information content (AvgIpc) is 2.75. The SMILES string of the molecule is COc1ccc(OC)c(C(=O)COC(=O)CNC(=O)c2ccc(Cl)c([N+](=O)[O-])c2)c1. The van der Waals surface area contributed by atoms with Gasteiger partial charge in [-0.2, -0.15) is 0 Å². The third-order valence-electron chi connectivity index (χ3n) is 3.87. The molecule has 0 saturated carbocycles. The first kappa shape index (κ1) is 22.6. The maximum atomic E-state index is 12.3. The van der Waals surface area contributed by atoms with Gasteiger partial charge in [-0.25, -0.2) is 0 Å². The van der Waals surface area contributed by atoms with Crippen LogP contribution in [-0.4, -0.2) is 50.0 Å². The van der Waals surface area contributed by atoms with Crippen molar-refractivity contribution in [1.82, 2.24) is 5.32 Å². The Balaban J connectivity index is 1.92. The monoisotopic (exact) mass is 436 g/mol. The van der Waals surface area contributed by atoms with E-state index in [1.165, 1.54) is 32.4 Å². The van der Waals surface area contributed by atoms with E-state index in [2.05, 4.69) is 5.32 Å². The van der Waals surface area contributed by atoms with Gasteiger partial charge in [-0.15, -0.1) is 0 Å². The first-order chi connectivity index (χ1) is 14.3. The largest absolute Gasteiger partial charge is 0.497 e. The molecule has 2 aromatic rings. The Kier molecular flexibility index (Phi) is 7.70. The Labute approximate surface area is 175 Å². The fourth-order valence-corrected chi connectivity index (χ4v) is 2.54. The fourth-order valence-electron chi connectivity index (χ4n) is 2.36. The van der Waals surface area contributed by atoms with Crippen LogP contribution in [0.4, 0.5) is 5.69 Å². The molecule has 0 bridgehead atoms. The van der Waals surface area contributed by atoms with Gasteiger partial charge in [-0.1, -0.05) is 11.6 Å². The Bertz CT molecular complexity index is 992. The number of hydrogen-bond acceptors (Lipinski definition) is 8. The highest BCUT2D eigenvalue weighted by Gasteiger charge is 2.18. The lowest BCUT2D eigenvalue weighted by Gasteiger charge is -2.10. The number of halogens is 1. The standard InChI is InChI=1S/C19H17ClN2O8/c1-28-12-4-6-17(29-2)13(8-12)16(23)10-30-18(24)9-21-19(25)11-3-5-14(20)15(7-11)22(26)27/h3-8H,9-10H2,1-2H3,(H,21,25). The van der Waals surface area contributed by atoms with Gasteiger partial charge < -0.3 is 19.5 Å². The van der Waals surface area contributed by atoms with Crippen LogP contribution < -0.4 is 14.8 Å². The van der Waals surface area contributed by atoms with Crippen LogP contribution in [0.25, 0.3) is 0 Å².